The van der Waals surface area contributed by atoms with Crippen LogP contribution in [0.1, 0.15) is 13.3 Å². The maximum Gasteiger partial charge on any atom is 0.307 e. The number of nitrogens with zero attached hydrogens (tertiary/aromatic N) is 1. The van der Waals surface area contributed by atoms with Gasteiger partial charge in [0, 0.05) is 32.7 Å². The van der Waals surface area contributed by atoms with Gasteiger partial charge in [0.15, 0.2) is 0 Å². The molecule has 0 saturated carbocycles. The summed E-state index contributed by atoms with van der Waals surface area (Å²) < 4.78 is 0. The molecule has 1 aliphatic heterocycles. The Kier molecular flexibility index (Phi) is 4.18. The van der Waals surface area contributed by atoms with E-state index >= 15 is 0 Å². The largest absolute Gasteiger partial charge is 0.481 e. The molecule has 1 aliphatic rings. The van der Waals surface area contributed by atoms with Crippen LogP contribution in [0.3, 0.4) is 0 Å². The van der Waals surface area contributed by atoms with E-state index in [4.69, 9.17) is 5.11 Å². The lowest BCUT2D eigenvalue weighted by atomic mass is 10.1. The van der Waals surface area contributed by atoms with Gasteiger partial charge in [-0.25, -0.2) is 0 Å². The lowest BCUT2D eigenvalue weighted by Crippen LogP contribution is -2.46. The van der Waals surface area contributed by atoms with Crippen molar-refractivity contribution in [3.05, 3.63) is 0 Å². The molecule has 1 fully saturated rings. The number of piperazine rings is 1. The van der Waals surface area contributed by atoms with Crippen molar-refractivity contribution in [3.63, 3.8) is 0 Å². The van der Waals surface area contributed by atoms with Crippen molar-refractivity contribution in [2.45, 2.75) is 13.3 Å². The van der Waals surface area contributed by atoms with Crippen molar-refractivity contribution in [3.8, 4) is 0 Å². The predicted molar refractivity (Wildman–Crippen MR) is 50.7 cm³/mol. The summed E-state index contributed by atoms with van der Waals surface area (Å²) in [5, 5.41) is 12.1. The van der Waals surface area contributed by atoms with Crippen LogP contribution >= 0.6 is 0 Å². The van der Waals surface area contributed by atoms with Gasteiger partial charge in [0.25, 0.3) is 0 Å². The number of hydrogen-bond acceptors (Lipinski definition) is 3. The molecule has 1 rings (SSSR count). The molecular weight excluding hydrogens is 168 g/mol. The van der Waals surface area contributed by atoms with Crippen LogP contribution < -0.4 is 5.32 Å². The van der Waals surface area contributed by atoms with Crippen LogP contribution in [0.5, 0.6) is 0 Å². The quantitative estimate of drug-likeness (QED) is 0.649. The fraction of sp³-hybridized carbons (Fsp3) is 0.889. The van der Waals surface area contributed by atoms with Crippen LogP contribution in [0.25, 0.3) is 0 Å². The number of carboxylic acids is 1. The number of hydrogen-bond donors (Lipinski definition) is 2. The molecule has 0 aromatic carbocycles. The molecule has 1 saturated heterocycles. The number of carbonyl (C=O) groups is 1. The third kappa shape index (κ3) is 3.32. The smallest absolute Gasteiger partial charge is 0.307 e. The molecule has 0 amide bonds. The Labute approximate surface area is 78.9 Å². The summed E-state index contributed by atoms with van der Waals surface area (Å²) in [5.41, 5.74) is 0. The van der Waals surface area contributed by atoms with Crippen molar-refractivity contribution < 1.29 is 9.90 Å². The monoisotopic (exact) mass is 186 g/mol. The lowest BCUT2D eigenvalue weighted by molar-refractivity contribution is -0.142. The zero-order valence-electron chi connectivity index (χ0n) is 8.12. The lowest BCUT2D eigenvalue weighted by Gasteiger charge is -2.29. The highest BCUT2D eigenvalue weighted by molar-refractivity contribution is 5.70. The molecular formula is C9H18N2O2. The maximum absolute atomic E-state index is 10.8. The molecule has 4 nitrogen and oxygen atoms in total. The van der Waals surface area contributed by atoms with Gasteiger partial charge in [-0.15, -0.1) is 0 Å². The molecule has 0 bridgehead atoms. The van der Waals surface area contributed by atoms with Gasteiger partial charge in [-0.3, -0.25) is 9.69 Å². The van der Waals surface area contributed by atoms with Crippen molar-refractivity contribution in [1.82, 2.24) is 10.2 Å². The van der Waals surface area contributed by atoms with Gasteiger partial charge in [0.05, 0.1) is 5.92 Å². The van der Waals surface area contributed by atoms with Gasteiger partial charge in [0.2, 0.25) is 0 Å². The van der Waals surface area contributed by atoms with Crippen molar-refractivity contribution in [2.24, 2.45) is 5.92 Å². The highest BCUT2D eigenvalue weighted by Gasteiger charge is 2.19. The van der Waals surface area contributed by atoms with Crippen LogP contribution in [0, 0.1) is 5.92 Å². The average molecular weight is 186 g/mol. The number of nitrogens with one attached hydrogen (secondary N) is 1. The standard InChI is InChI=1S/C9H18N2O2/c1-2-8(9(12)13)7-11-5-3-10-4-6-11/h8,10H,2-7H2,1H3,(H,12,13). The molecule has 2 N–H and O–H groups in total. The first-order chi connectivity index (χ1) is 6.24. The molecule has 0 aromatic heterocycles. The van der Waals surface area contributed by atoms with Crippen LogP contribution in [0.2, 0.25) is 0 Å². The first kappa shape index (κ1) is 10.5. The van der Waals surface area contributed by atoms with Crippen LogP contribution in [0.15, 0.2) is 0 Å². The Morgan fingerprint density at radius 2 is 2.15 bits per heavy atom. The highest BCUT2D eigenvalue weighted by atomic mass is 16.4. The summed E-state index contributed by atoms with van der Waals surface area (Å²) in [6, 6.07) is 0. The summed E-state index contributed by atoms with van der Waals surface area (Å²) in [5.74, 6) is -0.862. The van der Waals surface area contributed by atoms with Crippen LogP contribution in [0.4, 0.5) is 0 Å². The minimum atomic E-state index is -0.666. The minimum Gasteiger partial charge on any atom is -0.481 e. The Morgan fingerprint density at radius 1 is 1.54 bits per heavy atom. The van der Waals surface area contributed by atoms with Crippen molar-refractivity contribution in [2.75, 3.05) is 32.7 Å². The minimum absolute atomic E-state index is 0.196. The fourth-order valence-corrected chi connectivity index (χ4v) is 1.59. The van der Waals surface area contributed by atoms with Gasteiger partial charge in [0.1, 0.15) is 0 Å². The number of rotatable bonds is 4. The molecule has 0 aromatic rings. The van der Waals surface area contributed by atoms with E-state index in [-0.39, 0.29) is 5.92 Å². The summed E-state index contributed by atoms with van der Waals surface area (Å²) in [6.07, 6.45) is 0.721. The third-order valence-electron chi connectivity index (χ3n) is 2.53. The van der Waals surface area contributed by atoms with E-state index in [1.165, 1.54) is 0 Å². The van der Waals surface area contributed by atoms with Gasteiger partial charge in [-0.1, -0.05) is 6.92 Å². The SMILES string of the molecule is CCC(CN1CCNCC1)C(=O)O. The van der Waals surface area contributed by atoms with Crippen LogP contribution in [-0.4, -0.2) is 48.7 Å². The normalized spacial score (nSPS) is 21.3. The van der Waals surface area contributed by atoms with Crippen molar-refractivity contribution >= 4 is 5.97 Å². The maximum atomic E-state index is 10.8. The summed E-state index contributed by atoms with van der Waals surface area (Å²) in [6.45, 7) is 6.55. The first-order valence-electron chi connectivity index (χ1n) is 4.90. The van der Waals surface area contributed by atoms with Gasteiger partial charge >= 0.3 is 5.97 Å². The molecule has 1 heterocycles. The van der Waals surface area contributed by atoms with E-state index in [1.807, 2.05) is 6.92 Å². The second-order valence-electron chi connectivity index (χ2n) is 3.49. The zero-order chi connectivity index (χ0) is 9.68. The Balaban J connectivity index is 2.31. The Morgan fingerprint density at radius 3 is 2.62 bits per heavy atom. The molecule has 0 spiro atoms. The summed E-state index contributed by atoms with van der Waals surface area (Å²) in [7, 11) is 0. The first-order valence-corrected chi connectivity index (χ1v) is 4.90. The molecule has 4 heteroatoms. The molecule has 0 aliphatic carbocycles. The molecule has 13 heavy (non-hydrogen) atoms. The number of carboxylic acid groups (broad SMARTS) is 1. The molecule has 1 unspecified atom stereocenters. The average Bonchev–Trinajstić information content (AvgIpc) is 2.15. The second kappa shape index (κ2) is 5.19. The molecule has 0 radical (unpaired) electrons. The van der Waals surface area contributed by atoms with Gasteiger partial charge in [-0.05, 0) is 6.42 Å². The van der Waals surface area contributed by atoms with Crippen molar-refractivity contribution in [1.29, 1.82) is 0 Å². The van der Waals surface area contributed by atoms with E-state index in [1.54, 1.807) is 0 Å². The van der Waals surface area contributed by atoms with Gasteiger partial charge in [-0.2, -0.15) is 0 Å². The third-order valence-corrected chi connectivity index (χ3v) is 2.53. The fourth-order valence-electron chi connectivity index (χ4n) is 1.59. The van der Waals surface area contributed by atoms with E-state index in [0.717, 1.165) is 32.6 Å². The molecule has 76 valence electrons. The topological polar surface area (TPSA) is 52.6 Å². The van der Waals surface area contributed by atoms with E-state index in [0.29, 0.717) is 6.54 Å². The van der Waals surface area contributed by atoms with Gasteiger partial charge < -0.3 is 10.4 Å². The van der Waals surface area contributed by atoms with E-state index in [2.05, 4.69) is 10.2 Å². The Hall–Kier alpha value is -0.610. The predicted octanol–water partition coefficient (Wildman–Crippen LogP) is 0.00240. The van der Waals surface area contributed by atoms with Crippen LogP contribution in [-0.2, 0) is 4.79 Å². The number of aliphatic carboxylic acids is 1. The van der Waals surface area contributed by atoms with E-state index < -0.39 is 5.97 Å². The van der Waals surface area contributed by atoms with E-state index in [9.17, 15) is 4.79 Å². The highest BCUT2D eigenvalue weighted by Crippen LogP contribution is 2.06. The zero-order valence-corrected chi connectivity index (χ0v) is 8.12. The summed E-state index contributed by atoms with van der Waals surface area (Å²) in [4.78, 5) is 13.0. The second-order valence-corrected chi connectivity index (χ2v) is 3.49. The Bertz CT molecular complexity index is 167. The molecule has 1 atom stereocenters. The summed E-state index contributed by atoms with van der Waals surface area (Å²) >= 11 is 0.